The van der Waals surface area contributed by atoms with Gasteiger partial charge in [0.15, 0.2) is 0 Å². The van der Waals surface area contributed by atoms with E-state index in [2.05, 4.69) is 0 Å². The van der Waals surface area contributed by atoms with Crippen molar-refractivity contribution in [2.45, 2.75) is 49.8 Å². The summed E-state index contributed by atoms with van der Waals surface area (Å²) in [7, 11) is -4.15. The Labute approximate surface area is 119 Å². The average molecular weight is 300 g/mol. The summed E-state index contributed by atoms with van der Waals surface area (Å²) in [5.41, 5.74) is 1.01. The number of carboxylic acids is 1. The quantitative estimate of drug-likeness (QED) is 0.568. The highest BCUT2D eigenvalue weighted by atomic mass is 32.2. The number of rotatable bonds is 8. The van der Waals surface area contributed by atoms with Crippen LogP contribution in [-0.4, -0.2) is 24.0 Å². The number of benzene rings is 1. The molecule has 1 unspecified atom stereocenters. The molecule has 6 heteroatoms. The van der Waals surface area contributed by atoms with Crippen LogP contribution in [0.25, 0.3) is 0 Å². The largest absolute Gasteiger partial charge is 0.481 e. The van der Waals surface area contributed by atoms with Gasteiger partial charge in [-0.05, 0) is 42.9 Å². The SMILES string of the molecule is CCC(CCCCC(=O)O)c1ccc(S(=O)(=O)O)cc1. The molecule has 0 amide bonds. The molecule has 20 heavy (non-hydrogen) atoms. The minimum Gasteiger partial charge on any atom is -0.481 e. The molecular weight excluding hydrogens is 280 g/mol. The monoisotopic (exact) mass is 300 g/mol. The lowest BCUT2D eigenvalue weighted by molar-refractivity contribution is -0.137. The molecule has 0 aliphatic rings. The lowest BCUT2D eigenvalue weighted by Crippen LogP contribution is -2.01. The summed E-state index contributed by atoms with van der Waals surface area (Å²) in [6.45, 7) is 2.04. The second-order valence-corrected chi connectivity index (χ2v) is 6.21. The van der Waals surface area contributed by atoms with E-state index in [0.717, 1.165) is 24.8 Å². The second kappa shape index (κ2) is 7.40. The van der Waals surface area contributed by atoms with E-state index >= 15 is 0 Å². The molecule has 0 saturated carbocycles. The van der Waals surface area contributed by atoms with Crippen LogP contribution >= 0.6 is 0 Å². The highest BCUT2D eigenvalue weighted by molar-refractivity contribution is 7.85. The van der Waals surface area contributed by atoms with Gasteiger partial charge in [0.2, 0.25) is 0 Å². The average Bonchev–Trinajstić information content (AvgIpc) is 2.38. The van der Waals surface area contributed by atoms with Crippen molar-refractivity contribution in [3.05, 3.63) is 29.8 Å². The van der Waals surface area contributed by atoms with Crippen LogP contribution in [0.5, 0.6) is 0 Å². The number of carbonyl (C=O) groups is 1. The zero-order valence-corrected chi connectivity index (χ0v) is 12.3. The fourth-order valence-corrected chi connectivity index (χ4v) is 2.67. The molecular formula is C14H20O5S. The Bertz CT molecular complexity index is 533. The van der Waals surface area contributed by atoms with Gasteiger partial charge in [-0.3, -0.25) is 9.35 Å². The first-order valence-electron chi connectivity index (χ1n) is 6.63. The zero-order chi connectivity index (χ0) is 15.2. The third-order valence-electron chi connectivity index (χ3n) is 3.34. The van der Waals surface area contributed by atoms with Crippen molar-refractivity contribution in [2.75, 3.05) is 0 Å². The zero-order valence-electron chi connectivity index (χ0n) is 11.4. The molecule has 1 aromatic rings. The first-order chi connectivity index (χ1) is 9.34. The smallest absolute Gasteiger partial charge is 0.303 e. The number of hydrogen-bond donors (Lipinski definition) is 2. The van der Waals surface area contributed by atoms with E-state index in [1.165, 1.54) is 12.1 Å². The van der Waals surface area contributed by atoms with Gasteiger partial charge in [-0.1, -0.05) is 25.5 Å². The molecule has 0 saturated heterocycles. The van der Waals surface area contributed by atoms with Gasteiger partial charge < -0.3 is 5.11 Å². The minimum absolute atomic E-state index is 0.109. The molecule has 2 N–H and O–H groups in total. The van der Waals surface area contributed by atoms with Gasteiger partial charge in [-0.25, -0.2) is 0 Å². The normalized spacial score (nSPS) is 13.1. The van der Waals surface area contributed by atoms with Crippen LogP contribution in [0.2, 0.25) is 0 Å². The fourth-order valence-electron chi connectivity index (χ4n) is 2.19. The topological polar surface area (TPSA) is 91.7 Å². The first-order valence-corrected chi connectivity index (χ1v) is 8.08. The Morgan fingerprint density at radius 3 is 2.25 bits per heavy atom. The lowest BCUT2D eigenvalue weighted by atomic mass is 9.91. The van der Waals surface area contributed by atoms with Gasteiger partial charge in [0.1, 0.15) is 0 Å². The molecule has 0 aliphatic heterocycles. The summed E-state index contributed by atoms with van der Waals surface area (Å²) < 4.78 is 30.8. The molecule has 5 nitrogen and oxygen atoms in total. The fraction of sp³-hybridized carbons (Fsp3) is 0.500. The van der Waals surface area contributed by atoms with Crippen molar-refractivity contribution in [3.8, 4) is 0 Å². The van der Waals surface area contributed by atoms with Crippen molar-refractivity contribution < 1.29 is 22.9 Å². The number of carboxylic acid groups (broad SMARTS) is 1. The predicted molar refractivity (Wildman–Crippen MR) is 75.4 cm³/mol. The van der Waals surface area contributed by atoms with Crippen molar-refractivity contribution in [1.82, 2.24) is 0 Å². The lowest BCUT2D eigenvalue weighted by Gasteiger charge is -2.15. The highest BCUT2D eigenvalue weighted by Gasteiger charge is 2.13. The van der Waals surface area contributed by atoms with E-state index in [0.29, 0.717) is 6.42 Å². The standard InChI is InChI=1S/C14H20O5S/c1-2-11(5-3-4-6-14(15)16)12-7-9-13(10-8-12)20(17,18)19/h7-11H,2-6H2,1H3,(H,15,16)(H,17,18,19). The minimum atomic E-state index is -4.15. The number of unbranched alkanes of at least 4 members (excludes halogenated alkanes) is 1. The predicted octanol–water partition coefficient (Wildman–Crippen LogP) is 3.07. The summed E-state index contributed by atoms with van der Waals surface area (Å²) in [5, 5.41) is 8.58. The Hall–Kier alpha value is -1.40. The first kappa shape index (κ1) is 16.7. The van der Waals surface area contributed by atoms with Gasteiger partial charge in [-0.15, -0.1) is 0 Å². The van der Waals surface area contributed by atoms with Crippen molar-refractivity contribution in [3.63, 3.8) is 0 Å². The molecule has 0 fully saturated rings. The van der Waals surface area contributed by atoms with Gasteiger partial charge in [0.05, 0.1) is 4.90 Å². The van der Waals surface area contributed by atoms with Crippen LogP contribution in [0, 0.1) is 0 Å². The van der Waals surface area contributed by atoms with E-state index in [9.17, 15) is 13.2 Å². The van der Waals surface area contributed by atoms with E-state index in [1.54, 1.807) is 12.1 Å². The Balaban J connectivity index is 2.63. The summed E-state index contributed by atoms with van der Waals surface area (Å²) in [5.74, 6) is -0.505. The van der Waals surface area contributed by atoms with Crippen LogP contribution in [0.4, 0.5) is 0 Å². The molecule has 0 spiro atoms. The molecule has 1 aromatic carbocycles. The Morgan fingerprint density at radius 1 is 1.20 bits per heavy atom. The van der Waals surface area contributed by atoms with Crippen molar-refractivity contribution in [2.24, 2.45) is 0 Å². The van der Waals surface area contributed by atoms with E-state index in [1.807, 2.05) is 6.92 Å². The van der Waals surface area contributed by atoms with E-state index in [-0.39, 0.29) is 17.2 Å². The molecule has 0 heterocycles. The van der Waals surface area contributed by atoms with Crippen LogP contribution < -0.4 is 0 Å². The highest BCUT2D eigenvalue weighted by Crippen LogP contribution is 2.26. The van der Waals surface area contributed by atoms with Gasteiger partial charge >= 0.3 is 5.97 Å². The molecule has 0 radical (unpaired) electrons. The van der Waals surface area contributed by atoms with Crippen LogP contribution in [-0.2, 0) is 14.9 Å². The molecule has 0 bridgehead atoms. The van der Waals surface area contributed by atoms with Gasteiger partial charge in [0, 0.05) is 6.42 Å². The third-order valence-corrected chi connectivity index (χ3v) is 4.20. The third kappa shape index (κ3) is 5.30. The maximum atomic E-state index is 11.0. The number of hydrogen-bond acceptors (Lipinski definition) is 3. The molecule has 112 valence electrons. The van der Waals surface area contributed by atoms with Gasteiger partial charge in [-0.2, -0.15) is 8.42 Å². The molecule has 1 atom stereocenters. The van der Waals surface area contributed by atoms with E-state index < -0.39 is 16.1 Å². The van der Waals surface area contributed by atoms with Crippen molar-refractivity contribution in [1.29, 1.82) is 0 Å². The Kier molecular flexibility index (Phi) is 6.16. The maximum absolute atomic E-state index is 11.0. The summed E-state index contributed by atoms with van der Waals surface area (Å²) in [6.07, 6.45) is 3.42. The van der Waals surface area contributed by atoms with Crippen LogP contribution in [0.15, 0.2) is 29.2 Å². The Morgan fingerprint density at radius 2 is 1.80 bits per heavy atom. The summed E-state index contributed by atoms with van der Waals surface area (Å²) >= 11 is 0. The van der Waals surface area contributed by atoms with Crippen LogP contribution in [0.1, 0.15) is 50.5 Å². The van der Waals surface area contributed by atoms with E-state index in [4.69, 9.17) is 9.66 Å². The molecule has 1 rings (SSSR count). The number of aliphatic carboxylic acids is 1. The van der Waals surface area contributed by atoms with Crippen LogP contribution in [0.3, 0.4) is 0 Å². The summed E-state index contributed by atoms with van der Waals surface area (Å²) in [6, 6.07) is 6.19. The van der Waals surface area contributed by atoms with Gasteiger partial charge in [0.25, 0.3) is 10.1 Å². The maximum Gasteiger partial charge on any atom is 0.303 e. The van der Waals surface area contributed by atoms with Crippen molar-refractivity contribution >= 4 is 16.1 Å². The molecule has 0 aromatic heterocycles. The second-order valence-electron chi connectivity index (χ2n) is 4.79. The molecule has 0 aliphatic carbocycles. The summed E-state index contributed by atoms with van der Waals surface area (Å²) in [4.78, 5) is 10.3.